The maximum Gasteiger partial charge on any atom is 0.223 e. The van der Waals surface area contributed by atoms with Gasteiger partial charge >= 0.3 is 0 Å². The first-order chi connectivity index (χ1) is 13.3. The van der Waals surface area contributed by atoms with E-state index >= 15 is 0 Å². The van der Waals surface area contributed by atoms with Crippen LogP contribution in [-0.4, -0.2) is 44.1 Å². The lowest BCUT2D eigenvalue weighted by molar-refractivity contribution is 0.211. The van der Waals surface area contributed by atoms with Gasteiger partial charge in [0.15, 0.2) is 0 Å². The van der Waals surface area contributed by atoms with Gasteiger partial charge in [-0.1, -0.05) is 12.1 Å². The van der Waals surface area contributed by atoms with E-state index in [4.69, 9.17) is 0 Å². The van der Waals surface area contributed by atoms with E-state index in [0.29, 0.717) is 17.7 Å². The number of pyridine rings is 1. The third-order valence-electron chi connectivity index (χ3n) is 4.87. The molecule has 3 heterocycles. The number of phenols is 1. The van der Waals surface area contributed by atoms with Crippen LogP contribution in [0, 0.1) is 0 Å². The van der Waals surface area contributed by atoms with Crippen molar-refractivity contribution in [3.05, 3.63) is 66.6 Å². The first-order valence-electron chi connectivity index (χ1n) is 9.26. The number of aromatic nitrogens is 3. The van der Waals surface area contributed by atoms with Crippen LogP contribution in [0.3, 0.4) is 0 Å². The molecule has 1 saturated heterocycles. The summed E-state index contributed by atoms with van der Waals surface area (Å²) in [6.45, 7) is 2.89. The summed E-state index contributed by atoms with van der Waals surface area (Å²) in [6, 6.07) is 13.7. The van der Waals surface area contributed by atoms with Crippen molar-refractivity contribution in [1.29, 1.82) is 0 Å². The molecule has 27 heavy (non-hydrogen) atoms. The predicted molar refractivity (Wildman–Crippen MR) is 105 cm³/mol. The van der Waals surface area contributed by atoms with E-state index in [2.05, 4.69) is 31.2 Å². The highest BCUT2D eigenvalue weighted by molar-refractivity contribution is 5.59. The lowest BCUT2D eigenvalue weighted by atomic mass is 10.0. The van der Waals surface area contributed by atoms with Gasteiger partial charge in [-0.15, -0.1) is 0 Å². The molecule has 1 aliphatic rings. The smallest absolute Gasteiger partial charge is 0.223 e. The number of nitrogens with zero attached hydrogens (tertiary/aromatic N) is 4. The predicted octanol–water partition coefficient (Wildman–Crippen LogP) is 3.32. The Morgan fingerprint density at radius 2 is 1.85 bits per heavy atom. The van der Waals surface area contributed by atoms with Gasteiger partial charge in [-0.3, -0.25) is 9.88 Å². The molecule has 0 amide bonds. The molecule has 2 aromatic heterocycles. The summed E-state index contributed by atoms with van der Waals surface area (Å²) < 4.78 is 0. The van der Waals surface area contributed by atoms with Crippen LogP contribution < -0.4 is 5.32 Å². The first-order valence-corrected chi connectivity index (χ1v) is 9.26. The van der Waals surface area contributed by atoms with Gasteiger partial charge in [0, 0.05) is 49.8 Å². The van der Waals surface area contributed by atoms with E-state index in [9.17, 15) is 5.11 Å². The van der Waals surface area contributed by atoms with E-state index in [1.54, 1.807) is 24.7 Å². The van der Waals surface area contributed by atoms with Crippen LogP contribution in [-0.2, 0) is 6.54 Å². The highest BCUT2D eigenvalue weighted by Crippen LogP contribution is 2.20. The maximum atomic E-state index is 9.61. The first kappa shape index (κ1) is 17.4. The fourth-order valence-electron chi connectivity index (χ4n) is 3.44. The Kier molecular flexibility index (Phi) is 5.25. The second-order valence-corrected chi connectivity index (χ2v) is 6.87. The highest BCUT2D eigenvalue weighted by atomic mass is 16.3. The molecule has 0 bridgehead atoms. The minimum Gasteiger partial charge on any atom is -0.508 e. The van der Waals surface area contributed by atoms with Gasteiger partial charge in [0.2, 0.25) is 5.95 Å². The van der Waals surface area contributed by atoms with E-state index in [-0.39, 0.29) is 0 Å². The van der Waals surface area contributed by atoms with Crippen molar-refractivity contribution in [3.8, 4) is 17.0 Å². The quantitative estimate of drug-likeness (QED) is 0.726. The van der Waals surface area contributed by atoms with Crippen molar-refractivity contribution in [2.75, 3.05) is 18.4 Å². The topological polar surface area (TPSA) is 74.2 Å². The van der Waals surface area contributed by atoms with Crippen molar-refractivity contribution in [2.45, 2.75) is 25.4 Å². The molecule has 1 aliphatic heterocycles. The van der Waals surface area contributed by atoms with Gasteiger partial charge in [-0.05, 0) is 48.7 Å². The molecule has 0 radical (unpaired) electrons. The Morgan fingerprint density at radius 3 is 2.63 bits per heavy atom. The normalized spacial score (nSPS) is 15.6. The van der Waals surface area contributed by atoms with Crippen molar-refractivity contribution >= 4 is 5.95 Å². The van der Waals surface area contributed by atoms with E-state index in [1.807, 2.05) is 30.3 Å². The molecule has 0 saturated carbocycles. The lowest BCUT2D eigenvalue weighted by Crippen LogP contribution is -2.38. The summed E-state index contributed by atoms with van der Waals surface area (Å²) in [5.41, 5.74) is 3.09. The summed E-state index contributed by atoms with van der Waals surface area (Å²) in [7, 11) is 0. The van der Waals surface area contributed by atoms with Crippen LogP contribution >= 0.6 is 0 Å². The molecule has 3 aromatic rings. The zero-order valence-electron chi connectivity index (χ0n) is 15.1. The van der Waals surface area contributed by atoms with E-state index in [1.165, 1.54) is 0 Å². The molecule has 0 unspecified atom stereocenters. The van der Waals surface area contributed by atoms with Gasteiger partial charge in [-0.25, -0.2) is 9.97 Å². The summed E-state index contributed by atoms with van der Waals surface area (Å²) in [5.74, 6) is 1.01. The number of phenolic OH excluding ortho intramolecular Hbond substituents is 1. The Balaban J connectivity index is 1.33. The second kappa shape index (κ2) is 8.14. The molecular formula is C21H23N5O. The standard InChI is InChI=1S/C21H23N5O/c27-19-3-1-2-16(14-19)15-26-12-7-18(8-13-26)24-21-23-11-6-20(25-21)17-4-9-22-10-5-17/h1-6,9-11,14,18,27H,7-8,12-13,15H2,(H,23,24,25). The average Bonchev–Trinajstić information content (AvgIpc) is 2.70. The number of hydrogen-bond acceptors (Lipinski definition) is 6. The van der Waals surface area contributed by atoms with Crippen molar-refractivity contribution < 1.29 is 5.11 Å². The number of aromatic hydroxyl groups is 1. The number of rotatable bonds is 5. The minimum absolute atomic E-state index is 0.329. The third-order valence-corrected chi connectivity index (χ3v) is 4.87. The van der Waals surface area contributed by atoms with Gasteiger partial charge in [0.05, 0.1) is 5.69 Å². The average molecular weight is 361 g/mol. The fourth-order valence-corrected chi connectivity index (χ4v) is 3.44. The Bertz CT molecular complexity index is 879. The Labute approximate surface area is 158 Å². The molecule has 1 aromatic carbocycles. The van der Waals surface area contributed by atoms with Crippen LogP contribution in [0.5, 0.6) is 5.75 Å². The summed E-state index contributed by atoms with van der Waals surface area (Å²) in [6.07, 6.45) is 7.42. The number of hydrogen-bond donors (Lipinski definition) is 2. The zero-order valence-corrected chi connectivity index (χ0v) is 15.1. The molecule has 6 heteroatoms. The van der Waals surface area contributed by atoms with E-state index < -0.39 is 0 Å². The summed E-state index contributed by atoms with van der Waals surface area (Å²) in [4.78, 5) is 15.5. The van der Waals surface area contributed by atoms with Crippen molar-refractivity contribution in [2.24, 2.45) is 0 Å². The third kappa shape index (κ3) is 4.60. The zero-order chi connectivity index (χ0) is 18.5. The maximum absolute atomic E-state index is 9.61. The largest absolute Gasteiger partial charge is 0.508 e. The van der Waals surface area contributed by atoms with Crippen LogP contribution in [0.15, 0.2) is 61.1 Å². The van der Waals surface area contributed by atoms with Crippen LogP contribution in [0.1, 0.15) is 18.4 Å². The number of nitrogens with one attached hydrogen (secondary N) is 1. The molecule has 1 fully saturated rings. The molecule has 0 atom stereocenters. The molecule has 4 rings (SSSR count). The fraction of sp³-hybridized carbons (Fsp3) is 0.286. The molecule has 0 aliphatic carbocycles. The molecule has 138 valence electrons. The SMILES string of the molecule is Oc1cccc(CN2CCC(Nc3nccc(-c4ccncc4)n3)CC2)c1. The number of anilines is 1. The molecular weight excluding hydrogens is 338 g/mol. The monoisotopic (exact) mass is 361 g/mol. The minimum atomic E-state index is 0.329. The van der Waals surface area contributed by atoms with E-state index in [0.717, 1.165) is 49.3 Å². The Morgan fingerprint density at radius 1 is 1.04 bits per heavy atom. The van der Waals surface area contributed by atoms with Gasteiger partial charge in [0.1, 0.15) is 5.75 Å². The summed E-state index contributed by atoms with van der Waals surface area (Å²) >= 11 is 0. The Hall–Kier alpha value is -2.99. The lowest BCUT2D eigenvalue weighted by Gasteiger charge is -2.32. The van der Waals surface area contributed by atoms with Gasteiger partial charge < -0.3 is 10.4 Å². The van der Waals surface area contributed by atoms with Crippen LogP contribution in [0.25, 0.3) is 11.3 Å². The highest BCUT2D eigenvalue weighted by Gasteiger charge is 2.20. The van der Waals surface area contributed by atoms with Crippen LogP contribution in [0.2, 0.25) is 0 Å². The van der Waals surface area contributed by atoms with Gasteiger partial charge in [-0.2, -0.15) is 0 Å². The second-order valence-electron chi connectivity index (χ2n) is 6.87. The van der Waals surface area contributed by atoms with Gasteiger partial charge in [0.25, 0.3) is 0 Å². The number of benzene rings is 1. The number of likely N-dealkylation sites (tertiary alicyclic amines) is 1. The summed E-state index contributed by atoms with van der Waals surface area (Å²) in [5, 5.41) is 13.1. The number of piperidine rings is 1. The molecule has 2 N–H and O–H groups in total. The van der Waals surface area contributed by atoms with Crippen molar-refractivity contribution in [3.63, 3.8) is 0 Å². The molecule has 0 spiro atoms. The van der Waals surface area contributed by atoms with Crippen LogP contribution in [0.4, 0.5) is 5.95 Å². The molecule has 6 nitrogen and oxygen atoms in total. The van der Waals surface area contributed by atoms with Crippen molar-refractivity contribution in [1.82, 2.24) is 19.9 Å².